The van der Waals surface area contributed by atoms with Gasteiger partial charge in [0.2, 0.25) is 0 Å². The quantitative estimate of drug-likeness (QED) is 0.838. The number of piperidine rings is 1. The van der Waals surface area contributed by atoms with Gasteiger partial charge in [0.05, 0.1) is 0 Å². The Morgan fingerprint density at radius 3 is 3.06 bits per heavy atom. The van der Waals surface area contributed by atoms with Gasteiger partial charge in [-0.05, 0) is 36.5 Å². The van der Waals surface area contributed by atoms with Crippen LogP contribution < -0.4 is 5.73 Å². The lowest BCUT2D eigenvalue weighted by Crippen LogP contribution is -2.40. The summed E-state index contributed by atoms with van der Waals surface area (Å²) in [5.41, 5.74) is 7.24. The van der Waals surface area contributed by atoms with Crippen molar-refractivity contribution in [2.75, 3.05) is 19.7 Å². The van der Waals surface area contributed by atoms with Crippen LogP contribution in [0.4, 0.5) is 0 Å². The van der Waals surface area contributed by atoms with E-state index in [0.29, 0.717) is 18.7 Å². The first-order chi connectivity index (χ1) is 8.74. The molecule has 4 heteroatoms. The number of hydrogen-bond acceptors (Lipinski definition) is 3. The third-order valence-corrected chi connectivity index (χ3v) is 3.47. The molecule has 4 nitrogen and oxygen atoms in total. The van der Waals surface area contributed by atoms with E-state index < -0.39 is 0 Å². The van der Waals surface area contributed by atoms with Gasteiger partial charge in [0.1, 0.15) is 0 Å². The van der Waals surface area contributed by atoms with Gasteiger partial charge in [0.15, 0.2) is 0 Å². The summed E-state index contributed by atoms with van der Waals surface area (Å²) in [6.07, 6.45) is 1.97. The van der Waals surface area contributed by atoms with Crippen molar-refractivity contribution in [3.8, 4) is 0 Å². The molecule has 1 aromatic carbocycles. The van der Waals surface area contributed by atoms with E-state index in [1.807, 2.05) is 29.2 Å². The van der Waals surface area contributed by atoms with Crippen LogP contribution in [0.5, 0.6) is 0 Å². The summed E-state index contributed by atoms with van der Waals surface area (Å²) in [6, 6.07) is 7.46. The summed E-state index contributed by atoms with van der Waals surface area (Å²) in [4.78, 5) is 14.2. The maximum atomic E-state index is 12.3. The number of amides is 1. The van der Waals surface area contributed by atoms with E-state index in [4.69, 9.17) is 5.73 Å². The van der Waals surface area contributed by atoms with Gasteiger partial charge in [-0.3, -0.25) is 4.79 Å². The van der Waals surface area contributed by atoms with Gasteiger partial charge in [0.25, 0.3) is 5.91 Å². The number of nitrogens with two attached hydrogens (primary N) is 1. The Bertz CT molecular complexity index is 420. The molecule has 1 aliphatic heterocycles. The molecule has 1 aliphatic rings. The first-order valence-electron chi connectivity index (χ1n) is 6.43. The van der Waals surface area contributed by atoms with Crippen LogP contribution >= 0.6 is 0 Å². The van der Waals surface area contributed by atoms with Crippen molar-refractivity contribution in [3.63, 3.8) is 0 Å². The van der Waals surface area contributed by atoms with Crippen molar-refractivity contribution in [2.45, 2.75) is 19.4 Å². The number of benzene rings is 1. The van der Waals surface area contributed by atoms with Gasteiger partial charge in [-0.15, -0.1) is 0 Å². The Morgan fingerprint density at radius 1 is 1.50 bits per heavy atom. The second-order valence-electron chi connectivity index (χ2n) is 4.85. The minimum atomic E-state index is 0.0449. The fourth-order valence-corrected chi connectivity index (χ4v) is 2.41. The van der Waals surface area contributed by atoms with Crippen molar-refractivity contribution in [1.82, 2.24) is 4.90 Å². The number of carbonyl (C=O) groups excluding carboxylic acids is 1. The molecule has 0 saturated carbocycles. The average molecular weight is 248 g/mol. The molecule has 1 heterocycles. The van der Waals surface area contributed by atoms with Crippen LogP contribution in [-0.2, 0) is 6.54 Å². The van der Waals surface area contributed by atoms with Crippen LogP contribution in [0.1, 0.15) is 28.8 Å². The van der Waals surface area contributed by atoms with Gasteiger partial charge in [-0.1, -0.05) is 12.1 Å². The number of carbonyl (C=O) groups is 1. The highest BCUT2D eigenvalue weighted by Crippen LogP contribution is 2.18. The van der Waals surface area contributed by atoms with Gasteiger partial charge in [0, 0.05) is 31.8 Å². The Balaban J connectivity index is 2.10. The largest absolute Gasteiger partial charge is 0.396 e. The third-order valence-electron chi connectivity index (χ3n) is 3.47. The lowest BCUT2D eigenvalue weighted by Gasteiger charge is -2.32. The van der Waals surface area contributed by atoms with Crippen LogP contribution in [0, 0.1) is 5.92 Å². The van der Waals surface area contributed by atoms with Crippen LogP contribution in [0.15, 0.2) is 24.3 Å². The number of likely N-dealkylation sites (tertiary alicyclic amines) is 1. The molecule has 1 atom stereocenters. The van der Waals surface area contributed by atoms with E-state index in [1.54, 1.807) is 0 Å². The summed E-state index contributed by atoms with van der Waals surface area (Å²) in [7, 11) is 0. The molecule has 0 bridgehead atoms. The summed E-state index contributed by atoms with van der Waals surface area (Å²) in [5, 5.41) is 9.19. The van der Waals surface area contributed by atoms with Gasteiger partial charge >= 0.3 is 0 Å². The van der Waals surface area contributed by atoms with Crippen LogP contribution in [0.3, 0.4) is 0 Å². The second kappa shape index (κ2) is 5.98. The lowest BCUT2D eigenvalue weighted by molar-refractivity contribution is 0.0620. The predicted molar refractivity (Wildman–Crippen MR) is 70.0 cm³/mol. The normalized spacial score (nSPS) is 19.9. The van der Waals surface area contributed by atoms with Gasteiger partial charge in [-0.2, -0.15) is 0 Å². The average Bonchev–Trinajstić information content (AvgIpc) is 2.46. The molecule has 18 heavy (non-hydrogen) atoms. The highest BCUT2D eigenvalue weighted by Gasteiger charge is 2.23. The highest BCUT2D eigenvalue weighted by molar-refractivity contribution is 5.94. The summed E-state index contributed by atoms with van der Waals surface area (Å²) < 4.78 is 0. The van der Waals surface area contributed by atoms with Crippen LogP contribution in [0.2, 0.25) is 0 Å². The maximum absolute atomic E-state index is 12.3. The van der Waals surface area contributed by atoms with E-state index in [-0.39, 0.29) is 18.4 Å². The lowest BCUT2D eigenvalue weighted by atomic mass is 9.98. The molecule has 1 aromatic rings. The van der Waals surface area contributed by atoms with Gasteiger partial charge < -0.3 is 15.7 Å². The molecule has 1 saturated heterocycles. The SMILES string of the molecule is NCc1cccc(C(=O)N2CCCC(CO)C2)c1. The molecule has 0 spiro atoms. The van der Waals surface area contributed by atoms with Crippen molar-refractivity contribution in [2.24, 2.45) is 11.7 Å². The number of hydrogen-bond donors (Lipinski definition) is 2. The van der Waals surface area contributed by atoms with Crippen LogP contribution in [-0.4, -0.2) is 35.6 Å². The van der Waals surface area contributed by atoms with Crippen molar-refractivity contribution in [1.29, 1.82) is 0 Å². The molecular formula is C14H20N2O2. The predicted octanol–water partition coefficient (Wildman–Crippen LogP) is 0.990. The van der Waals surface area contributed by atoms with Crippen LogP contribution in [0.25, 0.3) is 0 Å². The number of nitrogens with zero attached hydrogens (tertiary/aromatic N) is 1. The van der Waals surface area contributed by atoms with Crippen molar-refractivity contribution >= 4 is 5.91 Å². The standard InChI is InChI=1S/C14H20N2O2/c15-8-11-3-1-5-13(7-11)14(18)16-6-2-4-12(9-16)10-17/h1,3,5,7,12,17H,2,4,6,8-10,15H2. The molecule has 0 aromatic heterocycles. The van der Waals surface area contributed by atoms with E-state index in [2.05, 4.69) is 0 Å². The Hall–Kier alpha value is -1.39. The first kappa shape index (κ1) is 13.1. The smallest absolute Gasteiger partial charge is 0.253 e. The molecule has 0 radical (unpaired) electrons. The van der Waals surface area contributed by atoms with Crippen molar-refractivity contribution < 1.29 is 9.90 Å². The fraction of sp³-hybridized carbons (Fsp3) is 0.500. The fourth-order valence-electron chi connectivity index (χ4n) is 2.41. The monoisotopic (exact) mass is 248 g/mol. The number of aliphatic hydroxyl groups excluding tert-OH is 1. The molecular weight excluding hydrogens is 228 g/mol. The number of rotatable bonds is 3. The minimum Gasteiger partial charge on any atom is -0.396 e. The Kier molecular flexibility index (Phi) is 4.33. The van der Waals surface area contributed by atoms with Crippen molar-refractivity contribution in [3.05, 3.63) is 35.4 Å². The molecule has 98 valence electrons. The van der Waals surface area contributed by atoms with Gasteiger partial charge in [-0.25, -0.2) is 0 Å². The summed E-state index contributed by atoms with van der Waals surface area (Å²) in [6.45, 7) is 2.04. The summed E-state index contributed by atoms with van der Waals surface area (Å²) in [5.74, 6) is 0.267. The second-order valence-corrected chi connectivity index (χ2v) is 4.85. The number of aliphatic hydroxyl groups is 1. The Labute approximate surface area is 107 Å². The van der Waals surface area contributed by atoms with E-state index in [0.717, 1.165) is 24.9 Å². The maximum Gasteiger partial charge on any atom is 0.253 e. The molecule has 1 amide bonds. The zero-order valence-electron chi connectivity index (χ0n) is 10.5. The molecule has 3 N–H and O–H groups in total. The zero-order chi connectivity index (χ0) is 13.0. The zero-order valence-corrected chi connectivity index (χ0v) is 10.5. The molecule has 1 unspecified atom stereocenters. The molecule has 0 aliphatic carbocycles. The topological polar surface area (TPSA) is 66.6 Å². The van der Waals surface area contributed by atoms with E-state index in [9.17, 15) is 9.90 Å². The third kappa shape index (κ3) is 2.89. The highest BCUT2D eigenvalue weighted by atomic mass is 16.3. The minimum absolute atomic E-state index is 0.0449. The first-order valence-corrected chi connectivity index (χ1v) is 6.43. The molecule has 1 fully saturated rings. The Morgan fingerprint density at radius 2 is 2.33 bits per heavy atom. The summed E-state index contributed by atoms with van der Waals surface area (Å²) >= 11 is 0. The molecule has 2 rings (SSSR count). The van der Waals surface area contributed by atoms with E-state index in [1.165, 1.54) is 0 Å². The van der Waals surface area contributed by atoms with E-state index >= 15 is 0 Å².